The fourth-order valence-corrected chi connectivity index (χ4v) is 2.29. The van der Waals surface area contributed by atoms with Gasteiger partial charge in [0.25, 0.3) is 0 Å². The molecule has 0 saturated heterocycles. The van der Waals surface area contributed by atoms with Crippen molar-refractivity contribution in [1.29, 1.82) is 0 Å². The summed E-state index contributed by atoms with van der Waals surface area (Å²) in [4.78, 5) is 0. The van der Waals surface area contributed by atoms with E-state index in [9.17, 15) is 4.39 Å². The molecule has 2 N–H and O–H groups in total. The molecule has 0 aliphatic rings. The molecule has 1 unspecified atom stereocenters. The molecule has 0 aliphatic heterocycles. The maximum atomic E-state index is 13.4. The summed E-state index contributed by atoms with van der Waals surface area (Å²) in [5.74, 6) is 0.965. The molecule has 0 heterocycles. The van der Waals surface area contributed by atoms with Crippen molar-refractivity contribution in [3.63, 3.8) is 0 Å². The molecule has 0 saturated carbocycles. The van der Waals surface area contributed by atoms with Gasteiger partial charge in [0.2, 0.25) is 0 Å². The molecule has 0 bridgehead atoms. The van der Waals surface area contributed by atoms with Crippen LogP contribution in [-0.2, 0) is 0 Å². The van der Waals surface area contributed by atoms with Crippen LogP contribution in [0.15, 0.2) is 18.2 Å². The Morgan fingerprint density at radius 1 is 1.28 bits per heavy atom. The Hall–Kier alpha value is -1.09. The van der Waals surface area contributed by atoms with Gasteiger partial charge in [-0.2, -0.15) is 0 Å². The first-order chi connectivity index (χ1) is 8.72. The van der Waals surface area contributed by atoms with E-state index in [0.29, 0.717) is 19.1 Å². The minimum absolute atomic E-state index is 0.192. The smallest absolute Gasteiger partial charge is 0.123 e. The van der Waals surface area contributed by atoms with Gasteiger partial charge in [-0.1, -0.05) is 13.3 Å². The van der Waals surface area contributed by atoms with E-state index in [-0.39, 0.29) is 5.82 Å². The van der Waals surface area contributed by atoms with Crippen LogP contribution in [0, 0.1) is 5.82 Å². The lowest BCUT2D eigenvalue weighted by Crippen LogP contribution is -2.07. The molecule has 0 spiro atoms. The highest BCUT2D eigenvalue weighted by Gasteiger charge is 2.16. The molecule has 0 aromatic heterocycles. The fraction of sp³-hybridized carbons (Fsp3) is 0.600. The normalized spacial score (nSPS) is 12.4. The highest BCUT2D eigenvalue weighted by molar-refractivity contribution is 5.37. The second-order valence-corrected chi connectivity index (χ2v) is 4.53. The van der Waals surface area contributed by atoms with Gasteiger partial charge in [-0.15, -0.1) is 0 Å². The van der Waals surface area contributed by atoms with Crippen LogP contribution in [0.5, 0.6) is 5.75 Å². The van der Waals surface area contributed by atoms with Gasteiger partial charge in [-0.3, -0.25) is 0 Å². The van der Waals surface area contributed by atoms with E-state index in [0.717, 1.165) is 37.0 Å². The topological polar surface area (TPSA) is 35.2 Å². The summed E-state index contributed by atoms with van der Waals surface area (Å²) in [7, 11) is 0. The second-order valence-electron chi connectivity index (χ2n) is 4.53. The van der Waals surface area contributed by atoms with Gasteiger partial charge in [0.05, 0.1) is 6.61 Å². The SMILES string of the molecule is CCCC(CCCN)c1cc(F)ccc1OCC. The van der Waals surface area contributed by atoms with Crippen molar-refractivity contribution in [3.8, 4) is 5.75 Å². The summed E-state index contributed by atoms with van der Waals surface area (Å²) in [6, 6.07) is 4.81. The summed E-state index contributed by atoms with van der Waals surface area (Å²) in [5.41, 5.74) is 6.57. The quantitative estimate of drug-likeness (QED) is 0.763. The zero-order valence-electron chi connectivity index (χ0n) is 11.4. The largest absolute Gasteiger partial charge is 0.494 e. The average molecular weight is 253 g/mol. The van der Waals surface area contributed by atoms with Gasteiger partial charge < -0.3 is 10.5 Å². The summed E-state index contributed by atoms with van der Waals surface area (Å²) >= 11 is 0. The fourth-order valence-electron chi connectivity index (χ4n) is 2.29. The van der Waals surface area contributed by atoms with Crippen molar-refractivity contribution >= 4 is 0 Å². The molecule has 1 rings (SSSR count). The monoisotopic (exact) mass is 253 g/mol. The molecule has 3 heteroatoms. The second kappa shape index (κ2) is 8.09. The van der Waals surface area contributed by atoms with Gasteiger partial charge in [0.15, 0.2) is 0 Å². The minimum Gasteiger partial charge on any atom is -0.494 e. The van der Waals surface area contributed by atoms with Gasteiger partial charge in [-0.25, -0.2) is 4.39 Å². The van der Waals surface area contributed by atoms with Crippen LogP contribution in [0.4, 0.5) is 4.39 Å². The third kappa shape index (κ3) is 4.30. The Kier molecular flexibility index (Phi) is 6.73. The van der Waals surface area contributed by atoms with Crippen molar-refractivity contribution in [1.82, 2.24) is 0 Å². The van der Waals surface area contributed by atoms with Crippen LogP contribution in [0.2, 0.25) is 0 Å². The molecule has 1 aromatic rings. The molecule has 2 nitrogen and oxygen atoms in total. The number of rotatable bonds is 8. The van der Waals surface area contributed by atoms with Crippen molar-refractivity contribution in [2.24, 2.45) is 5.73 Å². The lowest BCUT2D eigenvalue weighted by atomic mass is 9.89. The lowest BCUT2D eigenvalue weighted by molar-refractivity contribution is 0.331. The molecule has 102 valence electrons. The van der Waals surface area contributed by atoms with Crippen molar-refractivity contribution in [2.45, 2.75) is 45.4 Å². The lowest BCUT2D eigenvalue weighted by Gasteiger charge is -2.20. The summed E-state index contributed by atoms with van der Waals surface area (Å²) < 4.78 is 19.0. The van der Waals surface area contributed by atoms with Gasteiger partial charge in [0.1, 0.15) is 11.6 Å². The average Bonchev–Trinajstić information content (AvgIpc) is 2.37. The highest BCUT2D eigenvalue weighted by atomic mass is 19.1. The highest BCUT2D eigenvalue weighted by Crippen LogP contribution is 2.33. The molecular weight excluding hydrogens is 229 g/mol. The molecule has 1 atom stereocenters. The maximum absolute atomic E-state index is 13.4. The molecular formula is C15H24FNO. The number of hydrogen-bond donors (Lipinski definition) is 1. The first-order valence-corrected chi connectivity index (χ1v) is 6.85. The summed E-state index contributed by atoms with van der Waals surface area (Å²) in [6.07, 6.45) is 4.08. The summed E-state index contributed by atoms with van der Waals surface area (Å²) in [6.45, 7) is 5.38. The number of nitrogens with two attached hydrogens (primary N) is 1. The molecule has 18 heavy (non-hydrogen) atoms. The third-order valence-electron chi connectivity index (χ3n) is 3.11. The predicted octanol–water partition coefficient (Wildman–Crippen LogP) is 3.85. The minimum atomic E-state index is -0.192. The zero-order valence-corrected chi connectivity index (χ0v) is 11.4. The van der Waals surface area contributed by atoms with E-state index in [4.69, 9.17) is 10.5 Å². The standard InChI is InChI=1S/C15H24FNO/c1-3-6-12(7-5-10-17)14-11-13(16)8-9-15(14)18-4-2/h8-9,11-12H,3-7,10,17H2,1-2H3. The number of halogens is 1. The Labute approximate surface area is 109 Å². The van der Waals surface area contributed by atoms with Crippen LogP contribution in [0.25, 0.3) is 0 Å². The van der Waals surface area contributed by atoms with Crippen molar-refractivity contribution < 1.29 is 9.13 Å². The number of ether oxygens (including phenoxy) is 1. The van der Waals surface area contributed by atoms with E-state index in [1.54, 1.807) is 12.1 Å². The first-order valence-electron chi connectivity index (χ1n) is 6.85. The van der Waals surface area contributed by atoms with Gasteiger partial charge in [0, 0.05) is 5.56 Å². The van der Waals surface area contributed by atoms with Crippen LogP contribution in [0.3, 0.4) is 0 Å². The van der Waals surface area contributed by atoms with E-state index in [1.807, 2.05) is 6.92 Å². The van der Waals surface area contributed by atoms with E-state index < -0.39 is 0 Å². The predicted molar refractivity (Wildman–Crippen MR) is 73.5 cm³/mol. The Balaban J connectivity index is 2.95. The van der Waals surface area contributed by atoms with E-state index in [1.165, 1.54) is 6.07 Å². The third-order valence-corrected chi connectivity index (χ3v) is 3.11. The first kappa shape index (κ1) is 15.0. The van der Waals surface area contributed by atoms with Crippen molar-refractivity contribution in [2.75, 3.05) is 13.2 Å². The zero-order chi connectivity index (χ0) is 13.4. The van der Waals surface area contributed by atoms with Crippen LogP contribution in [-0.4, -0.2) is 13.2 Å². The van der Waals surface area contributed by atoms with Crippen molar-refractivity contribution in [3.05, 3.63) is 29.6 Å². The van der Waals surface area contributed by atoms with Crippen LogP contribution < -0.4 is 10.5 Å². The molecule has 0 aliphatic carbocycles. The van der Waals surface area contributed by atoms with Crippen LogP contribution >= 0.6 is 0 Å². The Morgan fingerprint density at radius 2 is 2.06 bits per heavy atom. The van der Waals surface area contributed by atoms with E-state index in [2.05, 4.69) is 6.92 Å². The van der Waals surface area contributed by atoms with Gasteiger partial charge >= 0.3 is 0 Å². The van der Waals surface area contributed by atoms with Gasteiger partial charge in [-0.05, 0) is 56.8 Å². The molecule has 0 amide bonds. The number of benzene rings is 1. The van der Waals surface area contributed by atoms with E-state index >= 15 is 0 Å². The number of hydrogen-bond acceptors (Lipinski definition) is 2. The molecule has 1 aromatic carbocycles. The Bertz CT molecular complexity index is 354. The Morgan fingerprint density at radius 3 is 2.67 bits per heavy atom. The molecule has 0 fully saturated rings. The summed E-state index contributed by atoms with van der Waals surface area (Å²) in [5, 5.41) is 0. The maximum Gasteiger partial charge on any atom is 0.123 e. The van der Waals surface area contributed by atoms with Crippen LogP contribution in [0.1, 0.15) is 51.0 Å². The molecule has 0 radical (unpaired) electrons.